The van der Waals surface area contributed by atoms with Crippen LogP contribution in [0.3, 0.4) is 0 Å². The number of nitrogens with one attached hydrogen (secondary N) is 2. The number of hydrogen-bond acceptors (Lipinski definition) is 4. The molecule has 1 unspecified atom stereocenters. The SMILES string of the molecule is CCN1C(=S)NC(c2cccc(NC(=O)CCC3CCCC3)c2)C(C(=O)OC)=C1C. The molecule has 3 rings (SSSR count). The van der Waals surface area contributed by atoms with Crippen molar-refractivity contribution in [3.63, 3.8) is 0 Å². The first kappa shape index (κ1) is 22.3. The third-order valence-corrected chi connectivity index (χ3v) is 6.41. The van der Waals surface area contributed by atoms with Gasteiger partial charge in [-0.05, 0) is 56.1 Å². The fraction of sp³-hybridized carbons (Fsp3) is 0.522. The van der Waals surface area contributed by atoms with E-state index in [2.05, 4.69) is 10.6 Å². The van der Waals surface area contributed by atoms with E-state index in [1.807, 2.05) is 43.0 Å². The molecule has 6 nitrogen and oxygen atoms in total. The lowest BCUT2D eigenvalue weighted by Gasteiger charge is -2.37. The molecule has 0 aromatic heterocycles. The van der Waals surface area contributed by atoms with Crippen LogP contribution in [0.4, 0.5) is 5.69 Å². The summed E-state index contributed by atoms with van der Waals surface area (Å²) in [6.07, 6.45) is 6.55. The minimum atomic E-state index is -0.428. The number of allylic oxidation sites excluding steroid dienone is 1. The van der Waals surface area contributed by atoms with Gasteiger partial charge in [0.1, 0.15) is 0 Å². The van der Waals surface area contributed by atoms with E-state index >= 15 is 0 Å². The van der Waals surface area contributed by atoms with Gasteiger partial charge in [0.15, 0.2) is 5.11 Å². The molecule has 7 heteroatoms. The second-order valence-electron chi connectivity index (χ2n) is 7.98. The molecule has 0 bridgehead atoms. The molecule has 0 radical (unpaired) electrons. The summed E-state index contributed by atoms with van der Waals surface area (Å²) in [6, 6.07) is 7.13. The molecular formula is C23H31N3O3S. The van der Waals surface area contributed by atoms with Crippen LogP contribution in [0, 0.1) is 5.92 Å². The van der Waals surface area contributed by atoms with Crippen molar-refractivity contribution in [2.45, 2.75) is 58.4 Å². The third-order valence-electron chi connectivity index (χ3n) is 6.08. The van der Waals surface area contributed by atoms with Gasteiger partial charge in [0.05, 0.1) is 18.7 Å². The molecule has 2 aliphatic rings. The lowest BCUT2D eigenvalue weighted by atomic mass is 9.94. The van der Waals surface area contributed by atoms with Crippen LogP contribution in [0.25, 0.3) is 0 Å². The van der Waals surface area contributed by atoms with E-state index in [9.17, 15) is 9.59 Å². The van der Waals surface area contributed by atoms with E-state index in [1.54, 1.807) is 0 Å². The lowest BCUT2D eigenvalue weighted by molar-refractivity contribution is -0.136. The number of carbonyl (C=O) groups is 2. The fourth-order valence-electron chi connectivity index (χ4n) is 4.44. The Morgan fingerprint density at radius 3 is 2.70 bits per heavy atom. The van der Waals surface area contributed by atoms with E-state index < -0.39 is 12.0 Å². The zero-order valence-electron chi connectivity index (χ0n) is 18.0. The topological polar surface area (TPSA) is 70.7 Å². The molecule has 30 heavy (non-hydrogen) atoms. The molecule has 1 aliphatic carbocycles. The highest BCUT2D eigenvalue weighted by Gasteiger charge is 2.34. The lowest BCUT2D eigenvalue weighted by Crippen LogP contribution is -2.47. The molecule has 1 aliphatic heterocycles. The Balaban J connectivity index is 1.77. The van der Waals surface area contributed by atoms with Gasteiger partial charge in [0.25, 0.3) is 0 Å². The van der Waals surface area contributed by atoms with Crippen molar-refractivity contribution in [1.82, 2.24) is 10.2 Å². The van der Waals surface area contributed by atoms with E-state index in [1.165, 1.54) is 32.8 Å². The molecular weight excluding hydrogens is 398 g/mol. The highest BCUT2D eigenvalue weighted by molar-refractivity contribution is 7.80. The number of anilines is 1. The molecule has 1 atom stereocenters. The van der Waals surface area contributed by atoms with E-state index in [-0.39, 0.29) is 5.91 Å². The second-order valence-corrected chi connectivity index (χ2v) is 8.37. The summed E-state index contributed by atoms with van der Waals surface area (Å²) in [7, 11) is 1.38. The van der Waals surface area contributed by atoms with Crippen LogP contribution in [-0.4, -0.2) is 35.5 Å². The van der Waals surface area contributed by atoms with Gasteiger partial charge in [-0.15, -0.1) is 0 Å². The van der Waals surface area contributed by atoms with Gasteiger partial charge in [-0.1, -0.05) is 37.8 Å². The van der Waals surface area contributed by atoms with Crippen LogP contribution >= 0.6 is 12.2 Å². The summed E-state index contributed by atoms with van der Waals surface area (Å²) in [4.78, 5) is 26.8. The van der Waals surface area contributed by atoms with Crippen molar-refractivity contribution in [2.24, 2.45) is 5.92 Å². The average Bonchev–Trinajstić information content (AvgIpc) is 3.25. The van der Waals surface area contributed by atoms with Crippen molar-refractivity contribution in [2.75, 3.05) is 19.0 Å². The maximum atomic E-state index is 12.5. The van der Waals surface area contributed by atoms with E-state index in [4.69, 9.17) is 17.0 Å². The number of benzene rings is 1. The Morgan fingerprint density at radius 2 is 2.03 bits per heavy atom. The fourth-order valence-corrected chi connectivity index (χ4v) is 4.82. The first-order valence-electron chi connectivity index (χ1n) is 10.7. The van der Waals surface area contributed by atoms with Crippen molar-refractivity contribution in [1.29, 1.82) is 0 Å². The van der Waals surface area contributed by atoms with Crippen LogP contribution in [0.2, 0.25) is 0 Å². The Morgan fingerprint density at radius 1 is 1.30 bits per heavy atom. The van der Waals surface area contributed by atoms with Gasteiger partial charge in [-0.3, -0.25) is 4.79 Å². The Bertz CT molecular complexity index is 846. The summed E-state index contributed by atoms with van der Waals surface area (Å²) < 4.78 is 5.04. The number of carbonyl (C=O) groups excluding carboxylic acids is 2. The number of thiocarbonyl (C=S) groups is 1. The molecule has 1 heterocycles. The van der Waals surface area contributed by atoms with Gasteiger partial charge in [-0.25, -0.2) is 4.79 Å². The van der Waals surface area contributed by atoms with Crippen LogP contribution in [0.1, 0.15) is 64.0 Å². The maximum absolute atomic E-state index is 12.5. The van der Waals surface area contributed by atoms with Crippen molar-refractivity contribution >= 4 is 34.9 Å². The summed E-state index contributed by atoms with van der Waals surface area (Å²) in [5.74, 6) is 0.326. The van der Waals surface area contributed by atoms with Crippen molar-refractivity contribution < 1.29 is 14.3 Å². The first-order chi connectivity index (χ1) is 14.4. The van der Waals surface area contributed by atoms with Gasteiger partial charge >= 0.3 is 5.97 Å². The van der Waals surface area contributed by atoms with E-state index in [0.29, 0.717) is 29.6 Å². The maximum Gasteiger partial charge on any atom is 0.337 e. The number of ether oxygens (including phenoxy) is 1. The molecule has 0 spiro atoms. The monoisotopic (exact) mass is 429 g/mol. The normalized spacial score (nSPS) is 19.6. The number of methoxy groups -OCH3 is 1. The number of amides is 1. The molecule has 1 saturated carbocycles. The average molecular weight is 430 g/mol. The van der Waals surface area contributed by atoms with Crippen molar-refractivity contribution in [3.05, 3.63) is 41.1 Å². The van der Waals surface area contributed by atoms with Crippen molar-refractivity contribution in [3.8, 4) is 0 Å². The number of esters is 1. The van der Waals surface area contributed by atoms with Gasteiger partial charge < -0.3 is 20.3 Å². The standard InChI is InChI=1S/C23H31N3O3S/c1-4-26-15(2)20(22(28)29-3)21(25-23(26)30)17-10-7-11-18(14-17)24-19(27)13-12-16-8-5-6-9-16/h7,10-11,14,16,21H,4-6,8-9,12-13H2,1-3H3,(H,24,27)(H,25,30). The van der Waals surface area contributed by atoms with Gasteiger partial charge in [0, 0.05) is 24.4 Å². The molecule has 1 aromatic rings. The molecule has 1 fully saturated rings. The van der Waals surface area contributed by atoms with E-state index in [0.717, 1.165) is 23.4 Å². The highest BCUT2D eigenvalue weighted by Crippen LogP contribution is 2.32. The van der Waals surface area contributed by atoms with Gasteiger partial charge in [-0.2, -0.15) is 0 Å². The minimum absolute atomic E-state index is 0.0308. The number of nitrogens with zero attached hydrogens (tertiary/aromatic N) is 1. The molecule has 162 valence electrons. The highest BCUT2D eigenvalue weighted by atomic mass is 32.1. The molecule has 1 aromatic carbocycles. The van der Waals surface area contributed by atoms with Crippen LogP contribution in [0.15, 0.2) is 35.5 Å². The second kappa shape index (κ2) is 10.1. The zero-order chi connectivity index (χ0) is 21.7. The molecule has 0 saturated heterocycles. The Hall–Kier alpha value is -2.41. The molecule has 2 N–H and O–H groups in total. The number of rotatable bonds is 7. The number of hydrogen-bond donors (Lipinski definition) is 2. The largest absolute Gasteiger partial charge is 0.466 e. The Kier molecular flexibility index (Phi) is 7.48. The quantitative estimate of drug-likeness (QED) is 0.498. The van der Waals surface area contributed by atoms with Gasteiger partial charge in [0.2, 0.25) is 5.91 Å². The smallest absolute Gasteiger partial charge is 0.337 e. The first-order valence-corrected chi connectivity index (χ1v) is 11.1. The van der Waals surface area contributed by atoms with Crippen LogP contribution < -0.4 is 10.6 Å². The summed E-state index contributed by atoms with van der Waals surface area (Å²) in [5, 5.41) is 6.83. The molecule has 1 amide bonds. The summed E-state index contributed by atoms with van der Waals surface area (Å²) >= 11 is 5.50. The predicted molar refractivity (Wildman–Crippen MR) is 122 cm³/mol. The van der Waals surface area contributed by atoms with Crippen LogP contribution in [-0.2, 0) is 14.3 Å². The van der Waals surface area contributed by atoms with Crippen LogP contribution in [0.5, 0.6) is 0 Å². The zero-order valence-corrected chi connectivity index (χ0v) is 18.8. The summed E-state index contributed by atoms with van der Waals surface area (Å²) in [5.41, 5.74) is 2.87. The minimum Gasteiger partial charge on any atom is -0.466 e. The Labute approximate surface area is 184 Å². The third kappa shape index (κ3) is 5.01. The predicted octanol–water partition coefficient (Wildman–Crippen LogP) is 4.29. The summed E-state index contributed by atoms with van der Waals surface area (Å²) in [6.45, 7) is 4.51.